The summed E-state index contributed by atoms with van der Waals surface area (Å²) in [5.74, 6) is -0.323. The number of hydroxylamine groups is 2. The van der Waals surface area contributed by atoms with Crippen molar-refractivity contribution in [3.05, 3.63) is 11.6 Å². The van der Waals surface area contributed by atoms with Crippen molar-refractivity contribution in [3.63, 3.8) is 0 Å². The van der Waals surface area contributed by atoms with Gasteiger partial charge in [-0.15, -0.1) is 0 Å². The van der Waals surface area contributed by atoms with Crippen LogP contribution in [0.2, 0.25) is 0 Å². The normalized spacial score (nSPS) is 45.4. The lowest BCUT2D eigenvalue weighted by molar-refractivity contribution is -0.148. The van der Waals surface area contributed by atoms with Crippen LogP contribution < -0.4 is 0 Å². The van der Waals surface area contributed by atoms with Gasteiger partial charge < -0.3 is 14.7 Å². The van der Waals surface area contributed by atoms with Crippen molar-refractivity contribution in [2.75, 3.05) is 13.6 Å². The highest BCUT2D eigenvalue weighted by Crippen LogP contribution is 2.50. The molecule has 3 aliphatic rings. The van der Waals surface area contributed by atoms with Gasteiger partial charge in [0.05, 0.1) is 11.5 Å². The lowest BCUT2D eigenvalue weighted by atomic mass is 9.80. The van der Waals surface area contributed by atoms with Crippen molar-refractivity contribution >= 4 is 5.97 Å². The molecule has 1 aliphatic carbocycles. The average molecular weight is 295 g/mol. The minimum Gasteiger partial charge on any atom is -0.459 e. The molecule has 1 N–H and O–H groups in total. The van der Waals surface area contributed by atoms with Crippen molar-refractivity contribution in [3.8, 4) is 0 Å². The lowest BCUT2D eigenvalue weighted by Crippen LogP contribution is -2.34. The number of carbonyl (C=O) groups is 1. The molecule has 0 aromatic rings. The Labute approximate surface area is 125 Å². The van der Waals surface area contributed by atoms with Gasteiger partial charge in [-0.2, -0.15) is 5.06 Å². The number of esters is 1. The maximum Gasteiger partial charge on any atom is 0.311 e. The minimum atomic E-state index is -0.259. The standard InChI is InChI=1S/C16H25NO4/c1-10-5-4-8-16(2)14(21-16)13-11(7-6-10)12(9-17(3)19)15(18)20-13/h5,11-14,19H,4,6-9H2,1-3H3/b10-5+/t11-,12-,13-,14+,16+/m0/s1. The van der Waals surface area contributed by atoms with E-state index in [1.165, 1.54) is 5.57 Å². The molecule has 21 heavy (non-hydrogen) atoms. The third kappa shape index (κ3) is 2.87. The van der Waals surface area contributed by atoms with E-state index in [9.17, 15) is 10.0 Å². The van der Waals surface area contributed by atoms with Crippen LogP contribution in [0.1, 0.15) is 39.5 Å². The molecule has 2 aliphatic heterocycles. The highest BCUT2D eigenvalue weighted by Gasteiger charge is 2.62. The number of rotatable bonds is 2. The zero-order valence-corrected chi connectivity index (χ0v) is 13.0. The zero-order chi connectivity index (χ0) is 15.2. The molecule has 0 radical (unpaired) electrons. The highest BCUT2D eigenvalue weighted by molar-refractivity contribution is 5.75. The first-order chi connectivity index (χ1) is 9.90. The quantitative estimate of drug-likeness (QED) is 0.366. The van der Waals surface area contributed by atoms with Gasteiger partial charge in [0.15, 0.2) is 0 Å². The Bertz CT molecular complexity index is 461. The Hall–Kier alpha value is -0.910. The van der Waals surface area contributed by atoms with Crippen molar-refractivity contribution in [2.45, 2.75) is 57.3 Å². The summed E-state index contributed by atoms with van der Waals surface area (Å²) >= 11 is 0. The molecule has 118 valence electrons. The molecule has 5 nitrogen and oxygen atoms in total. The number of allylic oxidation sites excluding steroid dienone is 2. The Morgan fingerprint density at radius 2 is 2.29 bits per heavy atom. The predicted octanol–water partition coefficient (Wildman–Crippen LogP) is 2.14. The molecule has 3 rings (SSSR count). The van der Waals surface area contributed by atoms with Gasteiger partial charge in [0.2, 0.25) is 0 Å². The average Bonchev–Trinajstić information content (AvgIpc) is 2.97. The van der Waals surface area contributed by atoms with Crippen LogP contribution in [0.25, 0.3) is 0 Å². The molecular weight excluding hydrogens is 270 g/mol. The Balaban J connectivity index is 1.83. The predicted molar refractivity (Wildman–Crippen MR) is 76.8 cm³/mol. The maximum atomic E-state index is 12.2. The smallest absolute Gasteiger partial charge is 0.311 e. The fourth-order valence-electron chi connectivity index (χ4n) is 3.83. The van der Waals surface area contributed by atoms with Crippen LogP contribution in [0.3, 0.4) is 0 Å². The molecule has 0 saturated carbocycles. The number of nitrogens with zero attached hydrogens (tertiary/aromatic N) is 1. The Morgan fingerprint density at radius 1 is 1.52 bits per heavy atom. The van der Waals surface area contributed by atoms with Gasteiger partial charge in [-0.05, 0) is 39.5 Å². The first-order valence-corrected chi connectivity index (χ1v) is 7.85. The van der Waals surface area contributed by atoms with E-state index in [0.717, 1.165) is 30.7 Å². The Kier molecular flexibility index (Phi) is 3.84. The van der Waals surface area contributed by atoms with Gasteiger partial charge in [-0.1, -0.05) is 11.6 Å². The van der Waals surface area contributed by atoms with E-state index in [2.05, 4.69) is 19.9 Å². The van der Waals surface area contributed by atoms with Gasteiger partial charge in [0.1, 0.15) is 12.2 Å². The summed E-state index contributed by atoms with van der Waals surface area (Å²) in [6.45, 7) is 4.58. The maximum absolute atomic E-state index is 12.2. The first-order valence-electron chi connectivity index (χ1n) is 7.85. The molecule has 2 fully saturated rings. The summed E-state index contributed by atoms with van der Waals surface area (Å²) in [6.07, 6.45) is 6.04. The fourth-order valence-corrected chi connectivity index (χ4v) is 3.83. The third-order valence-electron chi connectivity index (χ3n) is 5.20. The number of hydrogen-bond donors (Lipinski definition) is 1. The van der Waals surface area contributed by atoms with E-state index in [4.69, 9.17) is 9.47 Å². The van der Waals surface area contributed by atoms with Crippen LogP contribution in [-0.4, -0.2) is 47.6 Å². The molecular formula is C16H25NO4. The largest absolute Gasteiger partial charge is 0.459 e. The second-order valence-electron chi connectivity index (χ2n) is 6.99. The number of fused-ring (bicyclic) bond motifs is 3. The van der Waals surface area contributed by atoms with Crippen molar-refractivity contribution in [1.82, 2.24) is 5.06 Å². The van der Waals surface area contributed by atoms with Gasteiger partial charge in [-0.25, -0.2) is 0 Å². The minimum absolute atomic E-state index is 0.0206. The van der Waals surface area contributed by atoms with Gasteiger partial charge in [-0.3, -0.25) is 4.79 Å². The van der Waals surface area contributed by atoms with Gasteiger partial charge >= 0.3 is 5.97 Å². The van der Waals surface area contributed by atoms with Crippen molar-refractivity contribution in [2.24, 2.45) is 11.8 Å². The molecule has 0 bridgehead atoms. The summed E-state index contributed by atoms with van der Waals surface area (Å²) in [7, 11) is 1.57. The van der Waals surface area contributed by atoms with Crippen molar-refractivity contribution in [1.29, 1.82) is 0 Å². The first kappa shape index (κ1) is 15.0. The number of carbonyl (C=O) groups excluding carboxylic acids is 1. The molecule has 2 heterocycles. The number of epoxide rings is 1. The van der Waals surface area contributed by atoms with E-state index in [0.29, 0.717) is 6.54 Å². The SMILES string of the molecule is C/C1=C\CC[C@@]2(C)O[C@@H]2[C@H]2OC(=O)[C@@H](CN(C)O)[C@@H]2CC1. The molecule has 0 amide bonds. The fraction of sp³-hybridized carbons (Fsp3) is 0.812. The Morgan fingerprint density at radius 3 is 3.00 bits per heavy atom. The van der Waals surface area contributed by atoms with Crippen LogP contribution in [0.15, 0.2) is 11.6 Å². The van der Waals surface area contributed by atoms with E-state index in [1.807, 2.05) is 0 Å². The number of hydrogen-bond acceptors (Lipinski definition) is 5. The van der Waals surface area contributed by atoms with Crippen LogP contribution in [0.5, 0.6) is 0 Å². The van der Waals surface area contributed by atoms with E-state index >= 15 is 0 Å². The van der Waals surface area contributed by atoms with Crippen LogP contribution in [0, 0.1) is 11.8 Å². The topological polar surface area (TPSA) is 62.3 Å². The summed E-state index contributed by atoms with van der Waals surface area (Å²) in [5, 5.41) is 10.6. The van der Waals surface area contributed by atoms with Gasteiger partial charge in [0, 0.05) is 19.5 Å². The molecule has 0 unspecified atom stereocenters. The van der Waals surface area contributed by atoms with Crippen LogP contribution in [-0.2, 0) is 14.3 Å². The van der Waals surface area contributed by atoms with Crippen LogP contribution in [0.4, 0.5) is 0 Å². The zero-order valence-electron chi connectivity index (χ0n) is 13.0. The van der Waals surface area contributed by atoms with Crippen LogP contribution >= 0.6 is 0 Å². The molecule has 5 heteroatoms. The second-order valence-corrected chi connectivity index (χ2v) is 6.99. The molecule has 0 aromatic carbocycles. The molecule has 2 saturated heterocycles. The van der Waals surface area contributed by atoms with Crippen molar-refractivity contribution < 1.29 is 19.5 Å². The highest BCUT2D eigenvalue weighted by atomic mass is 16.6. The molecule has 0 aromatic heterocycles. The number of ether oxygens (including phenoxy) is 2. The molecule has 0 spiro atoms. The second kappa shape index (κ2) is 5.38. The monoisotopic (exact) mass is 295 g/mol. The summed E-state index contributed by atoms with van der Waals surface area (Å²) in [4.78, 5) is 12.2. The molecule has 5 atom stereocenters. The van der Waals surface area contributed by atoms with E-state index < -0.39 is 0 Å². The summed E-state index contributed by atoms with van der Waals surface area (Å²) in [6, 6.07) is 0. The third-order valence-corrected chi connectivity index (χ3v) is 5.20. The summed E-state index contributed by atoms with van der Waals surface area (Å²) < 4.78 is 11.5. The van der Waals surface area contributed by atoms with E-state index in [-0.39, 0.29) is 35.6 Å². The van der Waals surface area contributed by atoms with E-state index in [1.54, 1.807) is 7.05 Å². The summed E-state index contributed by atoms with van der Waals surface area (Å²) in [5.41, 5.74) is 1.21. The lowest BCUT2D eigenvalue weighted by Gasteiger charge is -2.23. The van der Waals surface area contributed by atoms with Gasteiger partial charge in [0.25, 0.3) is 0 Å².